The minimum absolute atomic E-state index is 0.168. The monoisotopic (exact) mass is 326 g/mol. The molecule has 23 heavy (non-hydrogen) atoms. The van der Waals surface area contributed by atoms with Crippen molar-refractivity contribution in [2.24, 2.45) is 0 Å². The number of para-hydroxylation sites is 1. The van der Waals surface area contributed by atoms with Gasteiger partial charge in [0.1, 0.15) is 18.3 Å². The molecule has 0 radical (unpaired) electrons. The summed E-state index contributed by atoms with van der Waals surface area (Å²) in [4.78, 5) is 12.1. The van der Waals surface area contributed by atoms with Gasteiger partial charge in [-0.3, -0.25) is 4.79 Å². The van der Waals surface area contributed by atoms with Crippen LogP contribution in [0.1, 0.15) is 10.4 Å². The number of benzene rings is 1. The van der Waals surface area contributed by atoms with Gasteiger partial charge in [-0.15, -0.1) is 0 Å². The van der Waals surface area contributed by atoms with Gasteiger partial charge in [0.25, 0.3) is 0 Å². The van der Waals surface area contributed by atoms with E-state index in [2.05, 4.69) is 5.23 Å². The number of amides is 1. The van der Waals surface area contributed by atoms with E-state index < -0.39 is 43.8 Å². The highest BCUT2D eigenvalue weighted by Crippen LogP contribution is 2.31. The summed E-state index contributed by atoms with van der Waals surface area (Å²) in [6, 6.07) is 6.53. The molecule has 5 unspecified atom stereocenters. The number of aliphatic hydroxyl groups excluding tert-OH is 4. The molecule has 0 bridgehead atoms. The van der Waals surface area contributed by atoms with Crippen LogP contribution in [0, 0.1) is 0 Å². The summed E-state index contributed by atoms with van der Waals surface area (Å²) in [7, 11) is 0. The second-order valence-electron chi connectivity index (χ2n) is 5.47. The summed E-state index contributed by atoms with van der Waals surface area (Å²) < 4.78 is 16.4. The summed E-state index contributed by atoms with van der Waals surface area (Å²) in [6.45, 7) is -3.54. The maximum absolute atomic E-state index is 12.1. The molecule has 1 aromatic rings. The molecular formula is C13H17BNO8-. The van der Waals surface area contributed by atoms with Crippen LogP contribution in [0.4, 0.5) is 0 Å². The molecule has 1 fully saturated rings. The van der Waals surface area contributed by atoms with Gasteiger partial charge in [0.05, 0.1) is 24.0 Å². The summed E-state index contributed by atoms with van der Waals surface area (Å²) in [6.07, 6.45) is -5.74. The predicted octanol–water partition coefficient (Wildman–Crippen LogP) is -2.27. The number of hydrogen-bond acceptors (Lipinski definition) is 8. The Kier molecular flexibility index (Phi) is 4.28. The van der Waals surface area contributed by atoms with Crippen molar-refractivity contribution in [3.8, 4) is 5.75 Å². The molecule has 126 valence electrons. The molecule has 1 aromatic carbocycles. The number of fused-ring (bicyclic) bond motifs is 1. The average molecular weight is 326 g/mol. The van der Waals surface area contributed by atoms with Gasteiger partial charge in [0, 0.05) is 6.61 Å². The number of rotatable bonds is 4. The van der Waals surface area contributed by atoms with Crippen molar-refractivity contribution in [1.29, 1.82) is 0 Å². The van der Waals surface area contributed by atoms with E-state index in [1.54, 1.807) is 24.3 Å². The highest BCUT2D eigenvalue weighted by molar-refractivity contribution is 6.63. The first-order valence-corrected chi connectivity index (χ1v) is 7.16. The molecule has 5 N–H and O–H groups in total. The number of aliphatic hydroxyl groups is 4. The van der Waals surface area contributed by atoms with Crippen LogP contribution in [-0.2, 0) is 9.31 Å². The molecule has 0 aromatic heterocycles. The lowest BCUT2D eigenvalue weighted by Crippen LogP contribution is -2.63. The van der Waals surface area contributed by atoms with Gasteiger partial charge < -0.3 is 39.6 Å². The van der Waals surface area contributed by atoms with Gasteiger partial charge in [-0.2, -0.15) is 0 Å². The lowest BCUT2D eigenvalue weighted by Gasteiger charge is -2.41. The lowest BCUT2D eigenvalue weighted by atomic mass is 9.92. The maximum Gasteiger partial charge on any atom is 0.552 e. The number of hydrogen-bond donors (Lipinski definition) is 5. The van der Waals surface area contributed by atoms with Crippen LogP contribution in [0.25, 0.3) is 0 Å². The van der Waals surface area contributed by atoms with E-state index in [0.717, 1.165) is 0 Å². The molecule has 9 nitrogen and oxygen atoms in total. The Labute approximate surface area is 131 Å². The van der Waals surface area contributed by atoms with E-state index in [1.807, 2.05) is 0 Å². The van der Waals surface area contributed by atoms with Crippen molar-refractivity contribution in [1.82, 2.24) is 5.23 Å². The summed E-state index contributed by atoms with van der Waals surface area (Å²) in [5.41, 5.74) is 0.326. The summed E-state index contributed by atoms with van der Waals surface area (Å²) in [5, 5.41) is 40.4. The number of carbonyl (C=O) groups is 1. The Morgan fingerprint density at radius 3 is 2.78 bits per heavy atom. The zero-order chi connectivity index (χ0) is 16.6. The van der Waals surface area contributed by atoms with Crippen molar-refractivity contribution in [2.45, 2.75) is 24.4 Å². The van der Waals surface area contributed by atoms with Gasteiger partial charge in [-0.1, -0.05) is 12.1 Å². The van der Waals surface area contributed by atoms with Crippen molar-refractivity contribution in [3.63, 3.8) is 0 Å². The first kappa shape index (κ1) is 16.2. The maximum atomic E-state index is 12.1. The molecule has 2 aliphatic rings. The molecule has 0 aliphatic carbocycles. The van der Waals surface area contributed by atoms with Crippen LogP contribution < -0.4 is 9.88 Å². The average Bonchev–Trinajstić information content (AvgIpc) is 2.95. The molecule has 5 atom stereocenters. The van der Waals surface area contributed by atoms with E-state index in [9.17, 15) is 20.1 Å². The summed E-state index contributed by atoms with van der Waals surface area (Å²) >= 11 is 0. The van der Waals surface area contributed by atoms with Gasteiger partial charge in [-0.05, 0) is 12.1 Å². The normalized spacial score (nSPS) is 30.3. The number of nitrogens with one attached hydrogen (secondary N) is 1. The van der Waals surface area contributed by atoms with Crippen molar-refractivity contribution in [3.05, 3.63) is 29.8 Å². The fourth-order valence-corrected chi connectivity index (χ4v) is 2.59. The van der Waals surface area contributed by atoms with E-state index in [1.165, 1.54) is 0 Å². The van der Waals surface area contributed by atoms with E-state index in [-0.39, 0.29) is 12.4 Å². The Balaban J connectivity index is 1.74. The lowest BCUT2D eigenvalue weighted by molar-refractivity contribution is -0.107. The Bertz CT molecular complexity index is 601. The zero-order valence-corrected chi connectivity index (χ0v) is 12.0. The van der Waals surface area contributed by atoms with Crippen LogP contribution in [0.5, 0.6) is 5.75 Å². The Morgan fingerprint density at radius 2 is 2.04 bits per heavy atom. The zero-order valence-electron chi connectivity index (χ0n) is 12.0. The predicted molar refractivity (Wildman–Crippen MR) is 76.2 cm³/mol. The third kappa shape index (κ3) is 2.92. The first-order chi connectivity index (χ1) is 11.0. The Hall–Kier alpha value is -1.69. The topological polar surface area (TPSA) is 138 Å². The number of carbonyl (C=O) groups excluding carboxylic acids is 1. The molecule has 3 rings (SSSR count). The second-order valence-corrected chi connectivity index (χ2v) is 5.47. The standard InChI is InChI=1S/C13H17BNO8/c16-5-8(17)11(18)12(19)10-6-21-14(23-10)15-13(20)7-3-1-2-4-9(7)22-14/h1-4,8,10-12,16-19H,5-6H2,(H,15,20)/q-1. The van der Waals surface area contributed by atoms with Crippen molar-refractivity contribution >= 4 is 12.8 Å². The van der Waals surface area contributed by atoms with E-state index in [4.69, 9.17) is 19.1 Å². The third-order valence-electron chi connectivity index (χ3n) is 3.87. The Morgan fingerprint density at radius 1 is 1.30 bits per heavy atom. The largest absolute Gasteiger partial charge is 0.651 e. The fraction of sp³-hybridized carbons (Fsp3) is 0.462. The summed E-state index contributed by atoms with van der Waals surface area (Å²) in [5.74, 6) is -0.166. The van der Waals surface area contributed by atoms with Crippen LogP contribution in [-0.4, -0.2) is 70.9 Å². The van der Waals surface area contributed by atoms with E-state index in [0.29, 0.717) is 5.56 Å². The van der Waals surface area contributed by atoms with Crippen LogP contribution in [0.3, 0.4) is 0 Å². The molecule has 2 heterocycles. The third-order valence-corrected chi connectivity index (χ3v) is 3.87. The molecule has 1 spiro atoms. The highest BCUT2D eigenvalue weighted by atomic mass is 16.8. The highest BCUT2D eigenvalue weighted by Gasteiger charge is 2.48. The van der Waals surface area contributed by atoms with Crippen LogP contribution >= 0.6 is 0 Å². The fourth-order valence-electron chi connectivity index (χ4n) is 2.59. The van der Waals surface area contributed by atoms with Crippen LogP contribution in [0.2, 0.25) is 0 Å². The van der Waals surface area contributed by atoms with Crippen LogP contribution in [0.15, 0.2) is 24.3 Å². The smallest absolute Gasteiger partial charge is 0.552 e. The van der Waals surface area contributed by atoms with E-state index >= 15 is 0 Å². The SMILES string of the molecule is O=C1N[B-]2(OCC(C(O)C(O)C(O)CO)O2)Oc2ccccc21. The molecular weight excluding hydrogens is 309 g/mol. The molecule has 0 saturated carbocycles. The molecule has 2 aliphatic heterocycles. The van der Waals surface area contributed by atoms with Crippen molar-refractivity contribution < 1.29 is 39.2 Å². The minimum atomic E-state index is -2.65. The van der Waals surface area contributed by atoms with Gasteiger partial charge in [0.15, 0.2) is 0 Å². The second kappa shape index (κ2) is 6.08. The quantitative estimate of drug-likeness (QED) is 0.391. The molecule has 1 amide bonds. The molecule has 10 heteroatoms. The van der Waals surface area contributed by atoms with Crippen molar-refractivity contribution in [2.75, 3.05) is 13.2 Å². The molecule has 1 saturated heterocycles. The minimum Gasteiger partial charge on any atom is -0.651 e. The first-order valence-electron chi connectivity index (χ1n) is 7.16. The van der Waals surface area contributed by atoms with Gasteiger partial charge >= 0.3 is 6.89 Å². The van der Waals surface area contributed by atoms with Gasteiger partial charge in [-0.25, -0.2) is 0 Å². The van der Waals surface area contributed by atoms with Gasteiger partial charge in [0.2, 0.25) is 5.91 Å².